The Hall–Kier alpha value is -1.58. The van der Waals surface area contributed by atoms with Crippen molar-refractivity contribution in [2.24, 2.45) is 5.73 Å². The first kappa shape index (κ1) is 10.9. The molecule has 1 unspecified atom stereocenters. The first-order valence-corrected chi connectivity index (χ1v) is 5.79. The number of hydrogen-bond acceptors (Lipinski definition) is 3. The number of amidine groups is 1. The van der Waals surface area contributed by atoms with Gasteiger partial charge >= 0.3 is 0 Å². The fourth-order valence-electron chi connectivity index (χ4n) is 2.32. The Labute approximate surface area is 96.0 Å². The van der Waals surface area contributed by atoms with E-state index in [0.29, 0.717) is 11.7 Å². The van der Waals surface area contributed by atoms with E-state index in [9.17, 15) is 0 Å². The standard InChI is InChI=1S/C12H18N4/c1-2-9-4-3-7-16(9)10-5-6-11(12(13)14)15-8-10/h5-6,8-9H,2-4,7H2,1H3,(H3,13,14). The maximum atomic E-state index is 7.29. The van der Waals surface area contributed by atoms with Crippen molar-refractivity contribution in [2.45, 2.75) is 32.2 Å². The third-order valence-electron chi connectivity index (χ3n) is 3.20. The molecule has 1 fully saturated rings. The Morgan fingerprint density at radius 2 is 2.44 bits per heavy atom. The second kappa shape index (κ2) is 4.51. The largest absolute Gasteiger partial charge is 0.382 e. The van der Waals surface area contributed by atoms with Crippen LogP contribution in [-0.2, 0) is 0 Å². The van der Waals surface area contributed by atoms with Crippen molar-refractivity contribution in [3.63, 3.8) is 0 Å². The lowest BCUT2D eigenvalue weighted by atomic mass is 10.1. The molecule has 0 spiro atoms. The Morgan fingerprint density at radius 3 is 3.00 bits per heavy atom. The van der Waals surface area contributed by atoms with Gasteiger partial charge in [0.25, 0.3) is 0 Å². The van der Waals surface area contributed by atoms with Gasteiger partial charge in [-0.25, -0.2) is 0 Å². The molecule has 1 aliphatic heterocycles. The monoisotopic (exact) mass is 218 g/mol. The molecular formula is C12H18N4. The summed E-state index contributed by atoms with van der Waals surface area (Å²) in [5.74, 6) is 0.0278. The summed E-state index contributed by atoms with van der Waals surface area (Å²) in [4.78, 5) is 6.60. The second-order valence-corrected chi connectivity index (χ2v) is 4.21. The summed E-state index contributed by atoms with van der Waals surface area (Å²) < 4.78 is 0. The number of pyridine rings is 1. The average Bonchev–Trinajstić information content (AvgIpc) is 2.77. The van der Waals surface area contributed by atoms with Crippen molar-refractivity contribution >= 4 is 11.5 Å². The van der Waals surface area contributed by atoms with Crippen LogP contribution < -0.4 is 10.6 Å². The lowest BCUT2D eigenvalue weighted by molar-refractivity contribution is 0.645. The predicted molar refractivity (Wildman–Crippen MR) is 65.9 cm³/mol. The summed E-state index contributed by atoms with van der Waals surface area (Å²) in [5, 5.41) is 7.29. The van der Waals surface area contributed by atoms with Crippen molar-refractivity contribution in [3.05, 3.63) is 24.0 Å². The summed E-state index contributed by atoms with van der Waals surface area (Å²) in [7, 11) is 0. The van der Waals surface area contributed by atoms with Gasteiger partial charge in [-0.3, -0.25) is 10.4 Å². The van der Waals surface area contributed by atoms with Gasteiger partial charge in [0, 0.05) is 12.6 Å². The van der Waals surface area contributed by atoms with Crippen LogP contribution >= 0.6 is 0 Å². The van der Waals surface area contributed by atoms with Crippen LogP contribution in [0.1, 0.15) is 31.9 Å². The number of anilines is 1. The predicted octanol–water partition coefficient (Wildman–Crippen LogP) is 1.74. The summed E-state index contributed by atoms with van der Waals surface area (Å²) in [6.07, 6.45) is 5.52. The summed E-state index contributed by atoms with van der Waals surface area (Å²) >= 11 is 0. The minimum atomic E-state index is 0.0278. The third-order valence-corrected chi connectivity index (χ3v) is 3.20. The second-order valence-electron chi connectivity index (χ2n) is 4.21. The molecule has 0 radical (unpaired) electrons. The van der Waals surface area contributed by atoms with Crippen LogP contribution in [0.15, 0.2) is 18.3 Å². The van der Waals surface area contributed by atoms with Crippen molar-refractivity contribution < 1.29 is 0 Å². The fraction of sp³-hybridized carbons (Fsp3) is 0.500. The van der Waals surface area contributed by atoms with Crippen molar-refractivity contribution in [1.82, 2.24) is 4.98 Å². The fourth-order valence-corrected chi connectivity index (χ4v) is 2.32. The number of rotatable bonds is 3. The first-order chi connectivity index (χ1) is 7.72. The maximum Gasteiger partial charge on any atom is 0.141 e. The normalized spacial score (nSPS) is 20.1. The highest BCUT2D eigenvalue weighted by molar-refractivity contribution is 5.93. The van der Waals surface area contributed by atoms with Gasteiger partial charge < -0.3 is 10.6 Å². The van der Waals surface area contributed by atoms with Gasteiger partial charge in [0.15, 0.2) is 0 Å². The smallest absolute Gasteiger partial charge is 0.141 e. The van der Waals surface area contributed by atoms with E-state index >= 15 is 0 Å². The number of nitrogens with zero attached hydrogens (tertiary/aromatic N) is 2. The number of nitrogen functional groups attached to an aromatic ring is 1. The number of nitrogens with one attached hydrogen (secondary N) is 1. The van der Waals surface area contributed by atoms with E-state index in [4.69, 9.17) is 11.1 Å². The van der Waals surface area contributed by atoms with E-state index in [1.165, 1.54) is 19.3 Å². The summed E-state index contributed by atoms with van der Waals surface area (Å²) in [6.45, 7) is 3.33. The summed E-state index contributed by atoms with van der Waals surface area (Å²) in [6, 6.07) is 4.48. The molecule has 0 bridgehead atoms. The van der Waals surface area contributed by atoms with Gasteiger partial charge in [-0.1, -0.05) is 6.92 Å². The molecule has 0 aliphatic carbocycles. The van der Waals surface area contributed by atoms with Gasteiger partial charge in [-0.05, 0) is 31.4 Å². The highest BCUT2D eigenvalue weighted by Crippen LogP contribution is 2.26. The van der Waals surface area contributed by atoms with Crippen LogP contribution in [0.5, 0.6) is 0 Å². The molecule has 86 valence electrons. The third kappa shape index (κ3) is 2.01. The van der Waals surface area contributed by atoms with Gasteiger partial charge in [-0.2, -0.15) is 0 Å². The van der Waals surface area contributed by atoms with Gasteiger partial charge in [-0.15, -0.1) is 0 Å². The van der Waals surface area contributed by atoms with E-state index in [-0.39, 0.29) is 5.84 Å². The van der Waals surface area contributed by atoms with Crippen LogP contribution in [0.25, 0.3) is 0 Å². The molecule has 1 aromatic rings. The van der Waals surface area contributed by atoms with E-state index in [2.05, 4.69) is 16.8 Å². The summed E-state index contributed by atoms with van der Waals surface area (Å²) in [5.41, 5.74) is 7.08. The molecule has 0 amide bonds. The van der Waals surface area contributed by atoms with Crippen LogP contribution in [-0.4, -0.2) is 23.4 Å². The van der Waals surface area contributed by atoms with E-state index in [1.54, 1.807) is 0 Å². The topological polar surface area (TPSA) is 66.0 Å². The molecular weight excluding hydrogens is 200 g/mol. The zero-order chi connectivity index (χ0) is 11.5. The quantitative estimate of drug-likeness (QED) is 0.600. The lowest BCUT2D eigenvalue weighted by Gasteiger charge is -2.25. The molecule has 1 atom stereocenters. The molecule has 0 saturated carbocycles. The Bertz CT molecular complexity index is 371. The molecule has 2 heterocycles. The van der Waals surface area contributed by atoms with Crippen molar-refractivity contribution in [2.75, 3.05) is 11.4 Å². The van der Waals surface area contributed by atoms with Crippen LogP contribution in [0.4, 0.5) is 5.69 Å². The molecule has 1 saturated heterocycles. The maximum absolute atomic E-state index is 7.29. The number of nitrogens with two attached hydrogens (primary N) is 1. The Balaban J connectivity index is 2.18. The molecule has 16 heavy (non-hydrogen) atoms. The Kier molecular flexibility index (Phi) is 3.08. The highest BCUT2D eigenvalue weighted by Gasteiger charge is 2.23. The Morgan fingerprint density at radius 1 is 1.62 bits per heavy atom. The zero-order valence-electron chi connectivity index (χ0n) is 9.61. The van der Waals surface area contributed by atoms with E-state index in [1.807, 2.05) is 18.3 Å². The molecule has 4 nitrogen and oxygen atoms in total. The molecule has 1 aliphatic rings. The van der Waals surface area contributed by atoms with E-state index < -0.39 is 0 Å². The molecule has 3 N–H and O–H groups in total. The van der Waals surface area contributed by atoms with Gasteiger partial charge in [0.05, 0.1) is 11.9 Å². The average molecular weight is 218 g/mol. The van der Waals surface area contributed by atoms with E-state index in [0.717, 1.165) is 12.2 Å². The van der Waals surface area contributed by atoms with Crippen molar-refractivity contribution in [3.8, 4) is 0 Å². The minimum absolute atomic E-state index is 0.0278. The SMILES string of the molecule is CCC1CCCN1c1ccc(C(=N)N)nc1. The molecule has 2 rings (SSSR count). The van der Waals surface area contributed by atoms with Crippen LogP contribution in [0.2, 0.25) is 0 Å². The van der Waals surface area contributed by atoms with Crippen molar-refractivity contribution in [1.29, 1.82) is 5.41 Å². The minimum Gasteiger partial charge on any atom is -0.382 e. The highest BCUT2D eigenvalue weighted by atomic mass is 15.2. The van der Waals surface area contributed by atoms with Crippen LogP contribution in [0, 0.1) is 5.41 Å². The number of aromatic nitrogens is 1. The number of hydrogen-bond donors (Lipinski definition) is 2. The van der Waals surface area contributed by atoms with Gasteiger partial charge in [0.1, 0.15) is 11.5 Å². The molecule has 0 aromatic carbocycles. The zero-order valence-corrected chi connectivity index (χ0v) is 9.61. The molecule has 1 aromatic heterocycles. The van der Waals surface area contributed by atoms with Crippen LogP contribution in [0.3, 0.4) is 0 Å². The molecule has 4 heteroatoms. The lowest BCUT2D eigenvalue weighted by Crippen LogP contribution is -2.28. The first-order valence-electron chi connectivity index (χ1n) is 5.79. The van der Waals surface area contributed by atoms with Gasteiger partial charge in [0.2, 0.25) is 0 Å².